The first kappa shape index (κ1) is 13.9. The molecule has 0 aromatic heterocycles. The summed E-state index contributed by atoms with van der Waals surface area (Å²) in [6, 6.07) is 8.43. The Morgan fingerprint density at radius 2 is 1.95 bits per heavy atom. The monoisotopic (exact) mass is 273 g/mol. The zero-order valence-corrected chi connectivity index (χ0v) is 11.1. The van der Waals surface area contributed by atoms with Crippen LogP contribution in [-0.4, -0.2) is 35.5 Å². The Hall–Kier alpha value is -2.50. The lowest BCUT2D eigenvalue weighted by molar-refractivity contribution is -0.139. The molecule has 1 atom stereocenters. The van der Waals surface area contributed by atoms with Gasteiger partial charge in [-0.2, -0.15) is 0 Å². The summed E-state index contributed by atoms with van der Waals surface area (Å²) in [7, 11) is 0. The van der Waals surface area contributed by atoms with Gasteiger partial charge in [0, 0.05) is 12.8 Å². The average Bonchev–Trinajstić information content (AvgIpc) is 2.44. The maximum atomic E-state index is 12.2. The molecule has 1 fully saturated rings. The van der Waals surface area contributed by atoms with Gasteiger partial charge < -0.3 is 0 Å². The van der Waals surface area contributed by atoms with Crippen LogP contribution in [0.4, 0.5) is 4.79 Å². The van der Waals surface area contributed by atoms with E-state index in [0.29, 0.717) is 6.54 Å². The normalized spacial score (nSPS) is 19.6. The number of rotatable bonds is 4. The van der Waals surface area contributed by atoms with E-state index >= 15 is 0 Å². The molecule has 104 valence electrons. The largest absolute Gasteiger partial charge is 0.331 e. The molecule has 1 aliphatic rings. The van der Waals surface area contributed by atoms with E-state index in [9.17, 15) is 14.4 Å². The van der Waals surface area contributed by atoms with E-state index in [0.717, 1.165) is 10.5 Å². The third-order valence-electron chi connectivity index (χ3n) is 2.91. The Morgan fingerprint density at radius 1 is 1.25 bits per heavy atom. The molecule has 20 heavy (non-hydrogen) atoms. The number of hydrogen-bond donors (Lipinski definition) is 1. The quantitative estimate of drug-likeness (QED) is 0.656. The van der Waals surface area contributed by atoms with E-state index in [4.69, 9.17) is 0 Å². The first-order valence-corrected chi connectivity index (χ1v) is 6.33. The van der Waals surface area contributed by atoms with Gasteiger partial charge >= 0.3 is 6.03 Å². The second kappa shape index (κ2) is 6.10. The minimum absolute atomic E-state index is 0.134. The van der Waals surface area contributed by atoms with E-state index < -0.39 is 23.8 Å². The number of aliphatic imine (C=N–C) groups is 1. The number of carbonyl (C=O) groups is 3. The van der Waals surface area contributed by atoms with Crippen molar-refractivity contribution in [3.63, 3.8) is 0 Å². The molecule has 1 aromatic carbocycles. The molecule has 0 bridgehead atoms. The van der Waals surface area contributed by atoms with Crippen LogP contribution in [0.25, 0.3) is 0 Å². The fraction of sp³-hybridized carbons (Fsp3) is 0.286. The number of barbiturate groups is 1. The summed E-state index contributed by atoms with van der Waals surface area (Å²) in [5.41, 5.74) is 0.816. The summed E-state index contributed by atoms with van der Waals surface area (Å²) in [6.45, 7) is 2.41. The number of nitrogens with one attached hydrogen (secondary N) is 1. The predicted octanol–water partition coefficient (Wildman–Crippen LogP) is 0.972. The summed E-state index contributed by atoms with van der Waals surface area (Å²) in [4.78, 5) is 40.6. The molecule has 6 nitrogen and oxygen atoms in total. The smallest absolute Gasteiger partial charge is 0.296 e. The van der Waals surface area contributed by atoms with Crippen molar-refractivity contribution in [3.05, 3.63) is 35.9 Å². The summed E-state index contributed by atoms with van der Waals surface area (Å²) >= 11 is 0. The third kappa shape index (κ3) is 2.90. The van der Waals surface area contributed by atoms with Crippen LogP contribution in [0, 0.1) is 5.92 Å². The number of amides is 4. The number of carbonyl (C=O) groups excluding carboxylic acids is 3. The summed E-state index contributed by atoms with van der Waals surface area (Å²) in [6.07, 6.45) is 1.29. The fourth-order valence-corrected chi connectivity index (χ4v) is 1.89. The van der Waals surface area contributed by atoms with Crippen LogP contribution in [0.3, 0.4) is 0 Å². The standard InChI is InChI=1S/C14H15N3O3/c1-2-15-8-11-12(18)16-14(20)17(13(11)19)9-10-6-4-3-5-7-10/h3-8,11H,2,9H2,1H3,(H,16,18,20). The van der Waals surface area contributed by atoms with E-state index in [1.165, 1.54) is 6.21 Å². The van der Waals surface area contributed by atoms with Gasteiger partial charge in [0.15, 0.2) is 5.92 Å². The van der Waals surface area contributed by atoms with Crippen LogP contribution < -0.4 is 5.32 Å². The van der Waals surface area contributed by atoms with E-state index in [-0.39, 0.29) is 6.54 Å². The van der Waals surface area contributed by atoms with Gasteiger partial charge in [-0.1, -0.05) is 30.3 Å². The maximum Gasteiger partial charge on any atom is 0.331 e. The van der Waals surface area contributed by atoms with Crippen molar-refractivity contribution in [2.45, 2.75) is 13.5 Å². The minimum Gasteiger partial charge on any atom is -0.296 e. The van der Waals surface area contributed by atoms with E-state index in [2.05, 4.69) is 10.3 Å². The second-order valence-electron chi connectivity index (χ2n) is 4.33. The Labute approximate surface area is 116 Å². The van der Waals surface area contributed by atoms with Gasteiger partial charge in [0.1, 0.15) is 0 Å². The molecule has 0 radical (unpaired) electrons. The van der Waals surface area contributed by atoms with Crippen LogP contribution in [0.5, 0.6) is 0 Å². The zero-order chi connectivity index (χ0) is 14.5. The highest BCUT2D eigenvalue weighted by Crippen LogP contribution is 2.13. The van der Waals surface area contributed by atoms with Crippen molar-refractivity contribution in [3.8, 4) is 0 Å². The van der Waals surface area contributed by atoms with Crippen LogP contribution in [0.1, 0.15) is 12.5 Å². The molecule has 2 rings (SSSR count). The van der Waals surface area contributed by atoms with Crippen LogP contribution in [0.2, 0.25) is 0 Å². The lowest BCUT2D eigenvalue weighted by atomic mass is 10.1. The number of urea groups is 1. The van der Waals surface area contributed by atoms with Gasteiger partial charge in [-0.05, 0) is 12.5 Å². The van der Waals surface area contributed by atoms with Crippen LogP contribution >= 0.6 is 0 Å². The Morgan fingerprint density at radius 3 is 2.60 bits per heavy atom. The minimum atomic E-state index is -1.03. The molecule has 6 heteroatoms. The van der Waals surface area contributed by atoms with E-state index in [1.807, 2.05) is 30.3 Å². The molecule has 1 aliphatic heterocycles. The first-order valence-electron chi connectivity index (χ1n) is 6.33. The van der Waals surface area contributed by atoms with Crippen molar-refractivity contribution in [1.29, 1.82) is 0 Å². The van der Waals surface area contributed by atoms with Crippen LogP contribution in [-0.2, 0) is 16.1 Å². The Balaban J connectivity index is 2.19. The van der Waals surface area contributed by atoms with Crippen molar-refractivity contribution >= 4 is 24.1 Å². The van der Waals surface area contributed by atoms with Crippen molar-refractivity contribution in [1.82, 2.24) is 10.2 Å². The molecule has 1 aromatic rings. The molecular formula is C14H15N3O3. The van der Waals surface area contributed by atoms with Crippen molar-refractivity contribution in [2.24, 2.45) is 10.9 Å². The highest BCUT2D eigenvalue weighted by molar-refractivity contribution is 6.23. The van der Waals surface area contributed by atoms with Gasteiger partial charge in [-0.25, -0.2) is 4.79 Å². The number of benzene rings is 1. The Bertz CT molecular complexity index is 554. The predicted molar refractivity (Wildman–Crippen MR) is 73.1 cm³/mol. The molecule has 1 unspecified atom stereocenters. The lowest BCUT2D eigenvalue weighted by Gasteiger charge is -2.28. The summed E-state index contributed by atoms with van der Waals surface area (Å²) in [5, 5.41) is 2.17. The molecule has 1 N–H and O–H groups in total. The average molecular weight is 273 g/mol. The molecule has 0 saturated carbocycles. The maximum absolute atomic E-state index is 12.2. The zero-order valence-electron chi connectivity index (χ0n) is 11.1. The van der Waals surface area contributed by atoms with Gasteiger partial charge in [-0.15, -0.1) is 0 Å². The SMILES string of the molecule is CCN=CC1C(=O)NC(=O)N(Cc2ccccc2)C1=O. The fourth-order valence-electron chi connectivity index (χ4n) is 1.89. The summed E-state index contributed by atoms with van der Waals surface area (Å²) < 4.78 is 0. The van der Waals surface area contributed by atoms with Crippen LogP contribution in [0.15, 0.2) is 35.3 Å². The molecule has 4 amide bonds. The summed E-state index contributed by atoms with van der Waals surface area (Å²) in [5.74, 6) is -2.20. The first-order chi connectivity index (χ1) is 9.63. The second-order valence-corrected chi connectivity index (χ2v) is 4.33. The molecule has 1 heterocycles. The van der Waals surface area contributed by atoms with Crippen molar-refractivity contribution < 1.29 is 14.4 Å². The number of nitrogens with zero attached hydrogens (tertiary/aromatic N) is 2. The molecule has 1 saturated heterocycles. The van der Waals surface area contributed by atoms with E-state index in [1.54, 1.807) is 6.92 Å². The highest BCUT2D eigenvalue weighted by Gasteiger charge is 2.39. The number of imide groups is 2. The Kier molecular flexibility index (Phi) is 4.24. The topological polar surface area (TPSA) is 78.8 Å². The highest BCUT2D eigenvalue weighted by atomic mass is 16.2. The molecule has 0 spiro atoms. The van der Waals surface area contributed by atoms with Gasteiger partial charge in [0.05, 0.1) is 6.54 Å². The van der Waals surface area contributed by atoms with Gasteiger partial charge in [0.2, 0.25) is 11.8 Å². The molecular weight excluding hydrogens is 258 g/mol. The van der Waals surface area contributed by atoms with Crippen molar-refractivity contribution in [2.75, 3.05) is 6.54 Å². The molecule has 0 aliphatic carbocycles. The van der Waals surface area contributed by atoms with Gasteiger partial charge in [-0.3, -0.25) is 24.8 Å². The third-order valence-corrected chi connectivity index (χ3v) is 2.91. The lowest BCUT2D eigenvalue weighted by Crippen LogP contribution is -2.57. The van der Waals surface area contributed by atoms with Gasteiger partial charge in [0.25, 0.3) is 0 Å². The number of hydrogen-bond acceptors (Lipinski definition) is 4.